The molecule has 0 aliphatic carbocycles. The molecule has 20 heavy (non-hydrogen) atoms. The molecule has 0 radical (unpaired) electrons. The maximum absolute atomic E-state index is 13.9. The van der Waals surface area contributed by atoms with E-state index in [1.54, 1.807) is 6.07 Å². The summed E-state index contributed by atoms with van der Waals surface area (Å²) in [5.74, 6) is 0.226. The molecule has 4 heteroatoms. The molecule has 2 atom stereocenters. The molecular weight excluding hydrogens is 321 g/mol. The van der Waals surface area contributed by atoms with Gasteiger partial charge in [0.15, 0.2) is 0 Å². The topological polar surface area (TPSA) is 21.3 Å². The maximum Gasteiger partial charge on any atom is 0.126 e. The highest BCUT2D eigenvalue weighted by molar-refractivity contribution is 9.10. The quantitative estimate of drug-likeness (QED) is 0.763. The average Bonchev–Trinajstić information content (AvgIpc) is 2.39. The summed E-state index contributed by atoms with van der Waals surface area (Å²) in [4.78, 5) is 0. The summed E-state index contributed by atoms with van der Waals surface area (Å²) in [6.45, 7) is 9.86. The molecule has 1 N–H and O–H groups in total. The second-order valence-corrected chi connectivity index (χ2v) is 6.18. The van der Waals surface area contributed by atoms with Crippen LogP contribution < -0.4 is 5.32 Å². The normalized spacial score (nSPS) is 14.6. The van der Waals surface area contributed by atoms with Gasteiger partial charge in [0.25, 0.3) is 0 Å². The van der Waals surface area contributed by atoms with Gasteiger partial charge in [-0.1, -0.05) is 36.7 Å². The smallest absolute Gasteiger partial charge is 0.126 e. The Morgan fingerprint density at radius 3 is 2.55 bits per heavy atom. The fourth-order valence-electron chi connectivity index (χ4n) is 2.47. The van der Waals surface area contributed by atoms with Crippen molar-refractivity contribution in [2.24, 2.45) is 5.92 Å². The summed E-state index contributed by atoms with van der Waals surface area (Å²) in [7, 11) is 0. The van der Waals surface area contributed by atoms with Crippen molar-refractivity contribution in [3.05, 3.63) is 34.1 Å². The Hall–Kier alpha value is -0.450. The van der Waals surface area contributed by atoms with Crippen LogP contribution in [-0.4, -0.2) is 25.3 Å². The van der Waals surface area contributed by atoms with Crippen LogP contribution in [0.2, 0.25) is 0 Å². The number of rotatable bonds is 8. The van der Waals surface area contributed by atoms with Crippen LogP contribution in [0.1, 0.15) is 33.3 Å². The molecule has 0 fully saturated rings. The summed E-state index contributed by atoms with van der Waals surface area (Å²) in [5, 5.41) is 3.44. The van der Waals surface area contributed by atoms with E-state index in [1.165, 1.54) is 6.07 Å². The molecule has 0 bridgehead atoms. The van der Waals surface area contributed by atoms with Crippen LogP contribution in [0.15, 0.2) is 22.7 Å². The van der Waals surface area contributed by atoms with Gasteiger partial charge in [0.1, 0.15) is 5.82 Å². The van der Waals surface area contributed by atoms with Gasteiger partial charge >= 0.3 is 0 Å². The molecule has 0 aliphatic rings. The SMILES string of the molecule is CCNC(Cc1cc(Br)ccc1F)C(OCC)C(C)C. The van der Waals surface area contributed by atoms with Crippen LogP contribution in [0.3, 0.4) is 0 Å². The number of ether oxygens (including phenoxy) is 1. The number of hydrogen-bond donors (Lipinski definition) is 1. The first kappa shape index (κ1) is 17.6. The molecule has 1 rings (SSSR count). The van der Waals surface area contributed by atoms with Gasteiger partial charge in [0, 0.05) is 17.1 Å². The van der Waals surface area contributed by atoms with Crippen molar-refractivity contribution in [3.8, 4) is 0 Å². The van der Waals surface area contributed by atoms with Crippen LogP contribution in [0.5, 0.6) is 0 Å². The average molecular weight is 346 g/mol. The Morgan fingerprint density at radius 2 is 2.00 bits per heavy atom. The highest BCUT2D eigenvalue weighted by atomic mass is 79.9. The third kappa shape index (κ3) is 5.15. The predicted octanol–water partition coefficient (Wildman–Crippen LogP) is 4.17. The van der Waals surface area contributed by atoms with E-state index in [-0.39, 0.29) is 18.0 Å². The lowest BCUT2D eigenvalue weighted by molar-refractivity contribution is 0.00379. The van der Waals surface area contributed by atoms with Gasteiger partial charge in [-0.25, -0.2) is 4.39 Å². The zero-order valence-corrected chi connectivity index (χ0v) is 14.3. The van der Waals surface area contributed by atoms with Crippen LogP contribution >= 0.6 is 15.9 Å². The molecule has 2 nitrogen and oxygen atoms in total. The molecule has 0 aromatic heterocycles. The Bertz CT molecular complexity index is 411. The molecule has 114 valence electrons. The van der Waals surface area contributed by atoms with E-state index < -0.39 is 0 Å². The Kier molecular flexibility index (Phi) is 7.70. The second-order valence-electron chi connectivity index (χ2n) is 5.27. The lowest BCUT2D eigenvalue weighted by Gasteiger charge is -2.31. The molecule has 2 unspecified atom stereocenters. The third-order valence-electron chi connectivity index (χ3n) is 3.33. The van der Waals surface area contributed by atoms with Gasteiger partial charge in [-0.2, -0.15) is 0 Å². The largest absolute Gasteiger partial charge is 0.377 e. The van der Waals surface area contributed by atoms with E-state index in [1.807, 2.05) is 13.0 Å². The monoisotopic (exact) mass is 345 g/mol. The van der Waals surface area contributed by atoms with E-state index in [9.17, 15) is 4.39 Å². The lowest BCUT2D eigenvalue weighted by Crippen LogP contribution is -2.45. The van der Waals surface area contributed by atoms with Crippen molar-refractivity contribution >= 4 is 15.9 Å². The summed E-state index contributed by atoms with van der Waals surface area (Å²) < 4.78 is 20.7. The highest BCUT2D eigenvalue weighted by Crippen LogP contribution is 2.20. The number of hydrogen-bond acceptors (Lipinski definition) is 2. The molecule has 0 saturated carbocycles. The van der Waals surface area contributed by atoms with Crippen LogP contribution in [-0.2, 0) is 11.2 Å². The number of benzene rings is 1. The van der Waals surface area contributed by atoms with Crippen molar-refractivity contribution in [2.45, 2.75) is 46.3 Å². The van der Waals surface area contributed by atoms with Crippen molar-refractivity contribution in [1.29, 1.82) is 0 Å². The first-order valence-electron chi connectivity index (χ1n) is 7.28. The van der Waals surface area contributed by atoms with Gasteiger partial charge in [0.2, 0.25) is 0 Å². The highest BCUT2D eigenvalue weighted by Gasteiger charge is 2.25. The van der Waals surface area contributed by atoms with Crippen molar-refractivity contribution < 1.29 is 9.13 Å². The molecule has 0 spiro atoms. The van der Waals surface area contributed by atoms with E-state index in [4.69, 9.17) is 4.74 Å². The minimum absolute atomic E-state index is 0.0818. The van der Waals surface area contributed by atoms with Crippen LogP contribution in [0, 0.1) is 11.7 Å². The van der Waals surface area contributed by atoms with Gasteiger partial charge in [-0.05, 0) is 49.6 Å². The van der Waals surface area contributed by atoms with E-state index in [2.05, 4.69) is 42.0 Å². The summed E-state index contributed by atoms with van der Waals surface area (Å²) in [6.07, 6.45) is 0.709. The zero-order chi connectivity index (χ0) is 15.1. The molecule has 0 aliphatic heterocycles. The van der Waals surface area contributed by atoms with Crippen molar-refractivity contribution in [1.82, 2.24) is 5.32 Å². The fourth-order valence-corrected chi connectivity index (χ4v) is 2.88. The van der Waals surface area contributed by atoms with Crippen LogP contribution in [0.25, 0.3) is 0 Å². The standard InChI is InChI=1S/C16H25BrFNO/c1-5-19-15(16(11(3)4)20-6-2)10-12-9-13(17)7-8-14(12)18/h7-9,11,15-16,19H,5-6,10H2,1-4H3. The molecule has 1 aromatic rings. The van der Waals surface area contributed by atoms with Crippen molar-refractivity contribution in [2.75, 3.05) is 13.2 Å². The Balaban J connectivity index is 2.92. The molecular formula is C16H25BrFNO. The Labute approximate surface area is 130 Å². The first-order valence-corrected chi connectivity index (χ1v) is 8.07. The summed E-state index contributed by atoms with van der Waals surface area (Å²) in [6, 6.07) is 5.20. The molecule has 0 amide bonds. The fraction of sp³-hybridized carbons (Fsp3) is 0.625. The van der Waals surface area contributed by atoms with E-state index >= 15 is 0 Å². The summed E-state index contributed by atoms with van der Waals surface area (Å²) >= 11 is 3.40. The number of likely N-dealkylation sites (N-methyl/N-ethyl adjacent to an activating group) is 1. The van der Waals surface area contributed by atoms with Crippen LogP contribution in [0.4, 0.5) is 4.39 Å². The van der Waals surface area contributed by atoms with Gasteiger partial charge in [0.05, 0.1) is 6.10 Å². The lowest BCUT2D eigenvalue weighted by atomic mass is 9.93. The number of nitrogens with one attached hydrogen (secondary N) is 1. The van der Waals surface area contributed by atoms with Crippen molar-refractivity contribution in [3.63, 3.8) is 0 Å². The predicted molar refractivity (Wildman–Crippen MR) is 85.5 cm³/mol. The van der Waals surface area contributed by atoms with Gasteiger partial charge in [-0.15, -0.1) is 0 Å². The minimum Gasteiger partial charge on any atom is -0.377 e. The van der Waals surface area contributed by atoms with Gasteiger partial charge in [-0.3, -0.25) is 0 Å². The third-order valence-corrected chi connectivity index (χ3v) is 3.82. The Morgan fingerprint density at radius 1 is 1.30 bits per heavy atom. The number of halogens is 2. The second kappa shape index (κ2) is 8.75. The van der Waals surface area contributed by atoms with E-state index in [0.29, 0.717) is 18.9 Å². The maximum atomic E-state index is 13.9. The summed E-state index contributed by atoms with van der Waals surface area (Å²) in [5.41, 5.74) is 0.718. The zero-order valence-electron chi connectivity index (χ0n) is 12.7. The minimum atomic E-state index is -0.157. The molecule has 0 heterocycles. The molecule has 1 aromatic carbocycles. The van der Waals surface area contributed by atoms with Gasteiger partial charge < -0.3 is 10.1 Å². The van der Waals surface area contributed by atoms with E-state index in [0.717, 1.165) is 16.6 Å². The molecule has 0 saturated heterocycles. The first-order chi connectivity index (χ1) is 9.49.